The van der Waals surface area contributed by atoms with Crippen molar-refractivity contribution in [1.29, 1.82) is 0 Å². The van der Waals surface area contributed by atoms with E-state index in [1.807, 2.05) is 19.3 Å². The van der Waals surface area contributed by atoms with E-state index in [1.165, 1.54) is 5.56 Å². The monoisotopic (exact) mass is 340 g/mol. The Labute approximate surface area is 145 Å². The van der Waals surface area contributed by atoms with Gasteiger partial charge in [0.2, 0.25) is 5.91 Å². The lowest BCUT2D eigenvalue weighted by atomic mass is 9.98. The summed E-state index contributed by atoms with van der Waals surface area (Å²) in [5.74, 6) is 0.230. The molecular weight excluding hydrogens is 312 g/mol. The maximum atomic E-state index is 12.1. The van der Waals surface area contributed by atoms with Crippen LogP contribution < -0.4 is 11.1 Å². The minimum Gasteiger partial charge on any atom is -0.352 e. The van der Waals surface area contributed by atoms with Crippen molar-refractivity contribution in [3.8, 4) is 0 Å². The number of nitrogens with zero attached hydrogens (tertiary/aromatic N) is 2. The SMILES string of the molecule is CCC(C)C(N)C(=O)NC1CCN(Cc2ccncc2)CC1.Cl. The Hall–Kier alpha value is -1.17. The number of hydrogen-bond acceptors (Lipinski definition) is 4. The lowest BCUT2D eigenvalue weighted by Crippen LogP contribution is -2.51. The van der Waals surface area contributed by atoms with E-state index in [1.54, 1.807) is 0 Å². The molecule has 1 aliphatic heterocycles. The molecule has 2 rings (SSSR count). The molecule has 0 aromatic carbocycles. The molecule has 0 radical (unpaired) electrons. The van der Waals surface area contributed by atoms with Crippen molar-refractivity contribution < 1.29 is 4.79 Å². The normalized spacial score (nSPS) is 18.7. The predicted molar refractivity (Wildman–Crippen MR) is 95.4 cm³/mol. The maximum Gasteiger partial charge on any atom is 0.237 e. The summed E-state index contributed by atoms with van der Waals surface area (Å²) in [5, 5.41) is 3.12. The Bertz CT molecular complexity index is 463. The zero-order valence-electron chi connectivity index (χ0n) is 14.1. The summed E-state index contributed by atoms with van der Waals surface area (Å²) in [5.41, 5.74) is 7.28. The highest BCUT2D eigenvalue weighted by Gasteiger charge is 2.25. The second-order valence-electron chi connectivity index (χ2n) is 6.33. The molecule has 2 unspecified atom stereocenters. The van der Waals surface area contributed by atoms with E-state index in [0.29, 0.717) is 0 Å². The third-order valence-electron chi connectivity index (χ3n) is 4.65. The van der Waals surface area contributed by atoms with Crippen LogP contribution in [0.3, 0.4) is 0 Å². The average molecular weight is 341 g/mol. The van der Waals surface area contributed by atoms with Gasteiger partial charge in [0.05, 0.1) is 6.04 Å². The van der Waals surface area contributed by atoms with Crippen LogP contribution in [0.1, 0.15) is 38.7 Å². The summed E-state index contributed by atoms with van der Waals surface area (Å²) in [4.78, 5) is 18.6. The topological polar surface area (TPSA) is 71.2 Å². The molecule has 1 saturated heterocycles. The Morgan fingerprint density at radius 1 is 1.39 bits per heavy atom. The van der Waals surface area contributed by atoms with Crippen LogP contribution in [0.15, 0.2) is 24.5 Å². The number of nitrogens with two attached hydrogens (primary N) is 1. The second-order valence-corrected chi connectivity index (χ2v) is 6.33. The minimum atomic E-state index is -0.389. The summed E-state index contributed by atoms with van der Waals surface area (Å²) >= 11 is 0. The number of amides is 1. The Kier molecular flexibility index (Phi) is 8.52. The van der Waals surface area contributed by atoms with Gasteiger partial charge < -0.3 is 11.1 Å². The molecular formula is C17H29ClN4O. The van der Waals surface area contributed by atoms with E-state index in [0.717, 1.165) is 38.9 Å². The molecule has 2 heterocycles. The first-order valence-electron chi connectivity index (χ1n) is 8.27. The first-order valence-corrected chi connectivity index (χ1v) is 8.27. The number of hydrogen-bond donors (Lipinski definition) is 2. The molecule has 0 saturated carbocycles. The maximum absolute atomic E-state index is 12.1. The van der Waals surface area contributed by atoms with Crippen molar-refractivity contribution in [2.75, 3.05) is 13.1 Å². The smallest absolute Gasteiger partial charge is 0.237 e. The van der Waals surface area contributed by atoms with Crippen molar-refractivity contribution in [2.24, 2.45) is 11.7 Å². The van der Waals surface area contributed by atoms with Crippen molar-refractivity contribution in [3.63, 3.8) is 0 Å². The third-order valence-corrected chi connectivity index (χ3v) is 4.65. The summed E-state index contributed by atoms with van der Waals surface area (Å²) in [6.07, 6.45) is 6.57. The number of piperidine rings is 1. The first kappa shape index (κ1) is 19.9. The van der Waals surface area contributed by atoms with E-state index >= 15 is 0 Å². The number of nitrogens with one attached hydrogen (secondary N) is 1. The predicted octanol–water partition coefficient (Wildman–Crippen LogP) is 1.96. The van der Waals surface area contributed by atoms with E-state index in [-0.39, 0.29) is 36.3 Å². The van der Waals surface area contributed by atoms with Crippen LogP contribution in [0.4, 0.5) is 0 Å². The molecule has 130 valence electrons. The number of halogens is 1. The van der Waals surface area contributed by atoms with Crippen LogP contribution in [0.5, 0.6) is 0 Å². The number of aromatic nitrogens is 1. The number of carbonyl (C=O) groups is 1. The van der Waals surface area contributed by atoms with Gasteiger partial charge in [-0.25, -0.2) is 0 Å². The summed E-state index contributed by atoms with van der Waals surface area (Å²) in [7, 11) is 0. The first-order chi connectivity index (χ1) is 10.6. The standard InChI is InChI=1S/C17H28N4O.ClH/c1-3-13(2)16(18)17(22)20-15-6-10-21(11-7-15)12-14-4-8-19-9-5-14;/h4-5,8-9,13,15-16H,3,6-7,10-12,18H2,1-2H3,(H,20,22);1H. The fourth-order valence-electron chi connectivity index (χ4n) is 2.79. The van der Waals surface area contributed by atoms with Gasteiger partial charge in [0, 0.05) is 38.1 Å². The lowest BCUT2D eigenvalue weighted by molar-refractivity contribution is -0.124. The summed E-state index contributed by atoms with van der Waals surface area (Å²) in [6, 6.07) is 3.98. The largest absolute Gasteiger partial charge is 0.352 e. The van der Waals surface area contributed by atoms with Gasteiger partial charge in [0.1, 0.15) is 0 Å². The summed E-state index contributed by atoms with van der Waals surface area (Å²) in [6.45, 7) is 7.06. The van der Waals surface area contributed by atoms with Crippen molar-refractivity contribution in [3.05, 3.63) is 30.1 Å². The van der Waals surface area contributed by atoms with Gasteiger partial charge in [-0.1, -0.05) is 20.3 Å². The molecule has 6 heteroatoms. The highest BCUT2D eigenvalue weighted by atomic mass is 35.5. The van der Waals surface area contributed by atoms with Gasteiger partial charge in [0.25, 0.3) is 0 Å². The Balaban J connectivity index is 0.00000264. The molecule has 1 aromatic rings. The highest BCUT2D eigenvalue weighted by Crippen LogP contribution is 2.14. The van der Waals surface area contributed by atoms with Crippen LogP contribution in [0.2, 0.25) is 0 Å². The molecule has 0 bridgehead atoms. The zero-order valence-corrected chi connectivity index (χ0v) is 14.9. The molecule has 1 aliphatic rings. The van der Waals surface area contributed by atoms with Gasteiger partial charge in [-0.3, -0.25) is 14.7 Å². The van der Waals surface area contributed by atoms with Crippen LogP contribution in [0, 0.1) is 5.92 Å². The van der Waals surface area contributed by atoms with Gasteiger partial charge in [0.15, 0.2) is 0 Å². The lowest BCUT2D eigenvalue weighted by Gasteiger charge is -2.33. The van der Waals surface area contributed by atoms with Crippen molar-refractivity contribution in [2.45, 2.75) is 51.7 Å². The van der Waals surface area contributed by atoms with Crippen molar-refractivity contribution in [1.82, 2.24) is 15.2 Å². The van der Waals surface area contributed by atoms with Crippen LogP contribution >= 0.6 is 12.4 Å². The molecule has 1 fully saturated rings. The van der Waals surface area contributed by atoms with Gasteiger partial charge >= 0.3 is 0 Å². The summed E-state index contributed by atoms with van der Waals surface area (Å²) < 4.78 is 0. The Morgan fingerprint density at radius 2 is 2.00 bits per heavy atom. The van der Waals surface area contributed by atoms with E-state index in [2.05, 4.69) is 34.3 Å². The average Bonchev–Trinajstić information content (AvgIpc) is 2.56. The Morgan fingerprint density at radius 3 is 2.57 bits per heavy atom. The highest BCUT2D eigenvalue weighted by molar-refractivity contribution is 5.85. The van der Waals surface area contributed by atoms with E-state index in [9.17, 15) is 4.79 Å². The van der Waals surface area contributed by atoms with Gasteiger partial charge in [-0.05, 0) is 36.5 Å². The molecule has 5 nitrogen and oxygen atoms in total. The fraction of sp³-hybridized carbons (Fsp3) is 0.647. The minimum absolute atomic E-state index is 0. The molecule has 0 spiro atoms. The van der Waals surface area contributed by atoms with Crippen molar-refractivity contribution >= 4 is 18.3 Å². The zero-order chi connectivity index (χ0) is 15.9. The quantitative estimate of drug-likeness (QED) is 0.830. The number of rotatable bonds is 6. The number of pyridine rings is 1. The van der Waals surface area contributed by atoms with Gasteiger partial charge in [-0.15, -0.1) is 12.4 Å². The molecule has 1 amide bonds. The van der Waals surface area contributed by atoms with Crippen LogP contribution in [-0.4, -0.2) is 41.0 Å². The van der Waals surface area contributed by atoms with Crippen LogP contribution in [-0.2, 0) is 11.3 Å². The molecule has 3 N–H and O–H groups in total. The fourth-order valence-corrected chi connectivity index (χ4v) is 2.79. The number of carbonyl (C=O) groups excluding carboxylic acids is 1. The van der Waals surface area contributed by atoms with E-state index < -0.39 is 0 Å². The van der Waals surface area contributed by atoms with E-state index in [4.69, 9.17) is 5.73 Å². The van der Waals surface area contributed by atoms with Gasteiger partial charge in [-0.2, -0.15) is 0 Å². The molecule has 23 heavy (non-hydrogen) atoms. The molecule has 2 atom stereocenters. The third kappa shape index (κ3) is 6.09. The second kappa shape index (κ2) is 9.85. The van der Waals surface area contributed by atoms with Crippen LogP contribution in [0.25, 0.3) is 0 Å². The molecule has 0 aliphatic carbocycles. The molecule has 1 aromatic heterocycles. The number of likely N-dealkylation sites (tertiary alicyclic amines) is 1.